The third kappa shape index (κ3) is 5.56. The van der Waals surface area contributed by atoms with Gasteiger partial charge < -0.3 is 24.0 Å². The average molecular weight is 534 g/mol. The van der Waals surface area contributed by atoms with Crippen LogP contribution in [0, 0.1) is 5.92 Å². The molecule has 208 valence electrons. The smallest absolute Gasteiger partial charge is 0.350 e. The molecule has 0 radical (unpaired) electrons. The Kier molecular flexibility index (Phi) is 7.61. The molecule has 0 N–H and O–H groups in total. The van der Waals surface area contributed by atoms with Gasteiger partial charge >= 0.3 is 5.69 Å². The molecule has 2 aliphatic heterocycles. The van der Waals surface area contributed by atoms with Gasteiger partial charge in [0.25, 0.3) is 0 Å². The van der Waals surface area contributed by atoms with E-state index in [1.807, 2.05) is 31.2 Å². The average Bonchev–Trinajstić information content (AvgIpc) is 3.57. The van der Waals surface area contributed by atoms with Crippen LogP contribution < -0.4 is 20.2 Å². The number of hydrogen-bond acceptors (Lipinski definition) is 7. The van der Waals surface area contributed by atoms with E-state index < -0.39 is 0 Å². The zero-order valence-corrected chi connectivity index (χ0v) is 22.9. The number of ether oxygens (including phenoxy) is 3. The zero-order valence-electron chi connectivity index (χ0n) is 22.9. The van der Waals surface area contributed by atoms with Crippen LogP contribution in [0.1, 0.15) is 45.6 Å². The molecule has 9 nitrogen and oxygen atoms in total. The molecule has 1 saturated carbocycles. The predicted molar refractivity (Wildman–Crippen MR) is 151 cm³/mol. The maximum atomic E-state index is 12.7. The Labute approximate surface area is 229 Å². The Hall–Kier alpha value is -3.30. The summed E-state index contributed by atoms with van der Waals surface area (Å²) in [5, 5.41) is 4.29. The van der Waals surface area contributed by atoms with Crippen molar-refractivity contribution in [3.63, 3.8) is 0 Å². The highest BCUT2D eigenvalue weighted by Crippen LogP contribution is 2.34. The first-order valence-corrected chi connectivity index (χ1v) is 14.4. The second-order valence-corrected chi connectivity index (χ2v) is 10.9. The van der Waals surface area contributed by atoms with E-state index in [-0.39, 0.29) is 24.1 Å². The maximum Gasteiger partial charge on any atom is 0.350 e. The van der Waals surface area contributed by atoms with E-state index >= 15 is 0 Å². The van der Waals surface area contributed by atoms with Crippen LogP contribution in [0.25, 0.3) is 5.69 Å². The summed E-state index contributed by atoms with van der Waals surface area (Å²) in [5.41, 5.74) is 3.12. The van der Waals surface area contributed by atoms with E-state index in [4.69, 9.17) is 14.2 Å². The monoisotopic (exact) mass is 533 g/mol. The highest BCUT2D eigenvalue weighted by molar-refractivity contribution is 5.54. The summed E-state index contributed by atoms with van der Waals surface area (Å²) in [4.78, 5) is 17.5. The molecule has 3 aliphatic rings. The largest absolute Gasteiger partial charge is 0.491 e. The van der Waals surface area contributed by atoms with Gasteiger partial charge in [-0.2, -0.15) is 5.10 Å². The lowest BCUT2D eigenvalue weighted by atomic mass is 9.85. The van der Waals surface area contributed by atoms with Crippen molar-refractivity contribution in [1.82, 2.24) is 14.3 Å². The Morgan fingerprint density at radius 1 is 0.949 bits per heavy atom. The van der Waals surface area contributed by atoms with Crippen molar-refractivity contribution in [3.8, 4) is 11.4 Å². The molecule has 6 rings (SSSR count). The Balaban J connectivity index is 0.986. The molecule has 2 unspecified atom stereocenters. The van der Waals surface area contributed by atoms with E-state index in [0.717, 1.165) is 44.0 Å². The fraction of sp³-hybridized carbons (Fsp3) is 0.533. The number of hydrogen-bond donors (Lipinski definition) is 0. The number of nitrogens with zero attached hydrogens (tertiary/aromatic N) is 5. The Morgan fingerprint density at radius 3 is 2.15 bits per heavy atom. The summed E-state index contributed by atoms with van der Waals surface area (Å²) >= 11 is 0. The Bertz CT molecular complexity index is 1280. The molecule has 3 atom stereocenters. The highest BCUT2D eigenvalue weighted by Gasteiger charge is 2.36. The van der Waals surface area contributed by atoms with Crippen LogP contribution in [-0.2, 0) is 9.47 Å². The molecular formula is C30H39N5O4. The highest BCUT2D eigenvalue weighted by atomic mass is 16.7. The van der Waals surface area contributed by atoms with Crippen molar-refractivity contribution < 1.29 is 14.2 Å². The minimum atomic E-state index is -0.0967. The molecule has 2 aromatic carbocycles. The molecule has 1 aromatic heterocycles. The second kappa shape index (κ2) is 11.4. The molecule has 3 heterocycles. The lowest BCUT2D eigenvalue weighted by Crippen LogP contribution is -2.46. The fourth-order valence-electron chi connectivity index (χ4n) is 5.48. The first-order chi connectivity index (χ1) is 19.1. The SMILES string of the molecule is CCC(C)n1ncn(-c2ccc(N3CCN(c4ccc(OC[C@@H]5COC(C6CCC6)O5)cc4)CC3)cc2)c1=O. The summed E-state index contributed by atoms with van der Waals surface area (Å²) in [6, 6.07) is 16.6. The molecule has 39 heavy (non-hydrogen) atoms. The summed E-state index contributed by atoms with van der Waals surface area (Å²) < 4.78 is 21.0. The van der Waals surface area contributed by atoms with E-state index in [1.165, 1.54) is 30.6 Å². The van der Waals surface area contributed by atoms with Gasteiger partial charge in [0.15, 0.2) is 6.29 Å². The third-order valence-corrected chi connectivity index (χ3v) is 8.42. The molecule has 1 aliphatic carbocycles. The lowest BCUT2D eigenvalue weighted by Gasteiger charge is -2.37. The number of piperazine rings is 1. The van der Waals surface area contributed by atoms with Gasteiger partial charge in [-0.15, -0.1) is 0 Å². The van der Waals surface area contributed by atoms with E-state index in [1.54, 1.807) is 15.6 Å². The summed E-state index contributed by atoms with van der Waals surface area (Å²) in [6.07, 6.45) is 6.19. The summed E-state index contributed by atoms with van der Waals surface area (Å²) in [7, 11) is 0. The molecule has 3 fully saturated rings. The molecular weight excluding hydrogens is 494 g/mol. The van der Waals surface area contributed by atoms with E-state index in [9.17, 15) is 4.79 Å². The van der Waals surface area contributed by atoms with Gasteiger partial charge in [0.1, 0.15) is 24.8 Å². The van der Waals surface area contributed by atoms with Gasteiger partial charge in [0.05, 0.1) is 18.3 Å². The van der Waals surface area contributed by atoms with Crippen molar-refractivity contribution in [3.05, 3.63) is 65.3 Å². The second-order valence-electron chi connectivity index (χ2n) is 10.9. The van der Waals surface area contributed by atoms with Gasteiger partial charge in [-0.05, 0) is 74.7 Å². The molecule has 9 heteroatoms. The van der Waals surface area contributed by atoms with E-state index in [2.05, 4.69) is 46.1 Å². The third-order valence-electron chi connectivity index (χ3n) is 8.42. The quantitative estimate of drug-likeness (QED) is 0.407. The normalized spacial score (nSPS) is 22.6. The fourth-order valence-corrected chi connectivity index (χ4v) is 5.48. The molecule has 0 amide bonds. The maximum absolute atomic E-state index is 12.7. The van der Waals surface area contributed by atoms with Crippen LogP contribution in [-0.4, -0.2) is 66.1 Å². The van der Waals surface area contributed by atoms with Crippen molar-refractivity contribution in [1.29, 1.82) is 0 Å². The number of anilines is 2. The van der Waals surface area contributed by atoms with E-state index in [0.29, 0.717) is 19.1 Å². The van der Waals surface area contributed by atoms with Crippen molar-refractivity contribution in [2.45, 2.75) is 58.0 Å². The minimum Gasteiger partial charge on any atom is -0.491 e. The first kappa shape index (κ1) is 26.0. The first-order valence-electron chi connectivity index (χ1n) is 14.4. The Morgan fingerprint density at radius 2 is 1.56 bits per heavy atom. The van der Waals surface area contributed by atoms with Crippen molar-refractivity contribution in [2.75, 3.05) is 49.2 Å². The van der Waals surface area contributed by atoms with Crippen molar-refractivity contribution in [2.24, 2.45) is 5.92 Å². The molecule has 0 spiro atoms. The van der Waals surface area contributed by atoms with Gasteiger partial charge in [0.2, 0.25) is 0 Å². The van der Waals surface area contributed by atoms with Crippen LogP contribution in [0.2, 0.25) is 0 Å². The van der Waals surface area contributed by atoms with Gasteiger partial charge in [-0.1, -0.05) is 13.3 Å². The van der Waals surface area contributed by atoms with Crippen molar-refractivity contribution >= 4 is 11.4 Å². The van der Waals surface area contributed by atoms with Crippen LogP contribution >= 0.6 is 0 Å². The molecule has 2 saturated heterocycles. The van der Waals surface area contributed by atoms with Gasteiger partial charge in [0, 0.05) is 43.5 Å². The number of aromatic nitrogens is 3. The van der Waals surface area contributed by atoms with Gasteiger partial charge in [-0.25, -0.2) is 14.0 Å². The predicted octanol–water partition coefficient (Wildman–Crippen LogP) is 4.25. The molecule has 0 bridgehead atoms. The number of benzene rings is 2. The summed E-state index contributed by atoms with van der Waals surface area (Å²) in [6.45, 7) is 8.97. The lowest BCUT2D eigenvalue weighted by molar-refractivity contribution is -0.119. The van der Waals surface area contributed by atoms with Crippen LogP contribution in [0.3, 0.4) is 0 Å². The zero-order chi connectivity index (χ0) is 26.8. The van der Waals surface area contributed by atoms with Crippen LogP contribution in [0.4, 0.5) is 11.4 Å². The standard InChI is InChI=1S/C30H39N5O4/c1-3-22(2)35-30(36)34(21-31-35)26-9-7-24(8-10-26)32-15-17-33(18-16-32)25-11-13-27(14-12-25)37-19-28-20-38-29(39-28)23-5-4-6-23/h7-14,21-23,28-29H,3-6,15-20H2,1-2H3/t22?,28-,29?/m1/s1. The minimum absolute atomic E-state index is 0.0147. The molecule has 3 aromatic rings. The van der Waals surface area contributed by atoms with Crippen LogP contribution in [0.15, 0.2) is 59.7 Å². The van der Waals surface area contributed by atoms with Gasteiger partial charge in [-0.3, -0.25) is 0 Å². The number of rotatable bonds is 9. The van der Waals surface area contributed by atoms with Crippen LogP contribution in [0.5, 0.6) is 5.75 Å². The topological polar surface area (TPSA) is 74.0 Å². The summed E-state index contributed by atoms with van der Waals surface area (Å²) in [5.74, 6) is 1.44.